The molecule has 0 atom stereocenters. The van der Waals surface area contributed by atoms with Crippen LogP contribution in [0.1, 0.15) is 31.2 Å². The van der Waals surface area contributed by atoms with Gasteiger partial charge in [0.15, 0.2) is 0 Å². The lowest BCUT2D eigenvalue weighted by atomic mass is 10.2. The molecule has 20 heavy (non-hydrogen) atoms. The highest BCUT2D eigenvalue weighted by Gasteiger charge is 2.17. The number of anilines is 1. The van der Waals surface area contributed by atoms with E-state index in [0.717, 1.165) is 17.2 Å². The Bertz CT molecular complexity index is 618. The van der Waals surface area contributed by atoms with Crippen molar-refractivity contribution in [1.82, 2.24) is 9.55 Å². The Morgan fingerprint density at radius 3 is 2.85 bits per heavy atom. The van der Waals surface area contributed by atoms with Crippen molar-refractivity contribution in [2.45, 2.75) is 38.6 Å². The first-order valence-electron chi connectivity index (χ1n) is 6.91. The number of halogens is 2. The van der Waals surface area contributed by atoms with Crippen LogP contribution in [0.5, 0.6) is 0 Å². The summed E-state index contributed by atoms with van der Waals surface area (Å²) in [5.41, 5.74) is 1.83. The lowest BCUT2D eigenvalue weighted by Crippen LogP contribution is -2.18. The van der Waals surface area contributed by atoms with Crippen molar-refractivity contribution in [3.05, 3.63) is 40.4 Å². The molecule has 0 amide bonds. The Hall–Kier alpha value is -1.36. The number of hydrogen-bond donors (Lipinski definition) is 1. The molecule has 1 saturated carbocycles. The molecule has 0 radical (unpaired) electrons. The molecule has 0 saturated heterocycles. The molecule has 1 aliphatic carbocycles. The van der Waals surface area contributed by atoms with Crippen molar-refractivity contribution < 1.29 is 4.39 Å². The minimum absolute atomic E-state index is 0.239. The lowest BCUT2D eigenvalue weighted by molar-refractivity contribution is 0.619. The van der Waals surface area contributed by atoms with Crippen LogP contribution in [0.2, 0.25) is 0 Å². The number of aromatic nitrogens is 2. The van der Waals surface area contributed by atoms with Crippen LogP contribution in [0.25, 0.3) is 5.69 Å². The van der Waals surface area contributed by atoms with Gasteiger partial charge in [0, 0.05) is 18.4 Å². The van der Waals surface area contributed by atoms with Crippen molar-refractivity contribution in [1.29, 1.82) is 0 Å². The highest BCUT2D eigenvalue weighted by atomic mass is 79.9. The summed E-state index contributed by atoms with van der Waals surface area (Å²) in [6.45, 7) is 1.91. The number of rotatable bonds is 3. The minimum atomic E-state index is -0.239. The molecule has 1 heterocycles. The molecule has 1 fully saturated rings. The molecule has 106 valence electrons. The SMILES string of the molecule is Cc1cc(F)c(Br)cc1-n1ccnc1NC1CCCC1. The van der Waals surface area contributed by atoms with E-state index in [1.165, 1.54) is 25.7 Å². The quantitative estimate of drug-likeness (QED) is 0.897. The van der Waals surface area contributed by atoms with Gasteiger partial charge in [0.05, 0.1) is 10.2 Å². The number of benzene rings is 1. The van der Waals surface area contributed by atoms with Gasteiger partial charge < -0.3 is 5.32 Å². The van der Waals surface area contributed by atoms with Gasteiger partial charge in [-0.15, -0.1) is 0 Å². The first-order chi connectivity index (χ1) is 9.65. The molecule has 5 heteroatoms. The van der Waals surface area contributed by atoms with Gasteiger partial charge in [0.1, 0.15) is 5.82 Å². The molecular formula is C15H17BrFN3. The zero-order chi connectivity index (χ0) is 14.1. The van der Waals surface area contributed by atoms with Gasteiger partial charge >= 0.3 is 0 Å². The lowest BCUT2D eigenvalue weighted by Gasteiger charge is -2.16. The molecule has 2 aromatic rings. The summed E-state index contributed by atoms with van der Waals surface area (Å²) in [6.07, 6.45) is 8.62. The molecule has 3 rings (SSSR count). The van der Waals surface area contributed by atoms with Gasteiger partial charge in [0.25, 0.3) is 0 Å². The smallest absolute Gasteiger partial charge is 0.207 e. The zero-order valence-corrected chi connectivity index (χ0v) is 13.0. The van der Waals surface area contributed by atoms with Gasteiger partial charge in [-0.1, -0.05) is 12.8 Å². The first kappa shape index (κ1) is 13.6. The second-order valence-corrected chi connectivity index (χ2v) is 6.15. The molecule has 0 unspecified atom stereocenters. The summed E-state index contributed by atoms with van der Waals surface area (Å²) >= 11 is 3.25. The highest BCUT2D eigenvalue weighted by molar-refractivity contribution is 9.10. The summed E-state index contributed by atoms with van der Waals surface area (Å²) in [4.78, 5) is 4.39. The summed E-state index contributed by atoms with van der Waals surface area (Å²) in [5.74, 6) is 0.593. The average Bonchev–Trinajstić information content (AvgIpc) is 3.06. The van der Waals surface area contributed by atoms with Crippen LogP contribution >= 0.6 is 15.9 Å². The third kappa shape index (κ3) is 2.59. The largest absolute Gasteiger partial charge is 0.353 e. The minimum Gasteiger partial charge on any atom is -0.353 e. The van der Waals surface area contributed by atoms with Crippen molar-refractivity contribution >= 4 is 21.9 Å². The molecule has 3 nitrogen and oxygen atoms in total. The second kappa shape index (κ2) is 5.56. The van der Waals surface area contributed by atoms with Crippen LogP contribution in [0.15, 0.2) is 29.0 Å². The molecule has 1 N–H and O–H groups in total. The fourth-order valence-electron chi connectivity index (χ4n) is 2.75. The van der Waals surface area contributed by atoms with Crippen LogP contribution in [0, 0.1) is 12.7 Å². The van der Waals surface area contributed by atoms with Crippen LogP contribution in [0.4, 0.5) is 10.3 Å². The number of aryl methyl sites for hydroxylation is 1. The average molecular weight is 338 g/mol. The number of hydrogen-bond acceptors (Lipinski definition) is 2. The summed E-state index contributed by atoms with van der Waals surface area (Å²) in [6, 6.07) is 3.84. The second-order valence-electron chi connectivity index (χ2n) is 5.30. The molecular weight excluding hydrogens is 321 g/mol. The fraction of sp³-hybridized carbons (Fsp3) is 0.400. The Kier molecular flexibility index (Phi) is 3.78. The van der Waals surface area contributed by atoms with Gasteiger partial charge in [-0.25, -0.2) is 9.37 Å². The Morgan fingerprint density at radius 2 is 2.10 bits per heavy atom. The molecule has 0 bridgehead atoms. The van der Waals surface area contributed by atoms with Crippen molar-refractivity contribution in [3.63, 3.8) is 0 Å². The predicted octanol–water partition coefficient (Wildman–Crippen LogP) is 4.44. The van der Waals surface area contributed by atoms with E-state index in [4.69, 9.17) is 0 Å². The van der Waals surface area contributed by atoms with E-state index in [-0.39, 0.29) is 5.82 Å². The van der Waals surface area contributed by atoms with Gasteiger partial charge in [-0.05, 0) is 53.4 Å². The normalized spacial score (nSPS) is 15.8. The number of nitrogens with one attached hydrogen (secondary N) is 1. The van der Waals surface area contributed by atoms with Crippen molar-refractivity contribution in [2.75, 3.05) is 5.32 Å². The number of nitrogens with zero attached hydrogens (tertiary/aromatic N) is 2. The molecule has 1 aromatic carbocycles. The maximum absolute atomic E-state index is 13.5. The predicted molar refractivity (Wildman–Crippen MR) is 81.8 cm³/mol. The van der Waals surface area contributed by atoms with Gasteiger partial charge in [-0.3, -0.25) is 4.57 Å². The monoisotopic (exact) mass is 337 g/mol. The topological polar surface area (TPSA) is 29.9 Å². The van der Waals surface area contributed by atoms with E-state index in [9.17, 15) is 4.39 Å². The van der Waals surface area contributed by atoms with Crippen LogP contribution in [-0.2, 0) is 0 Å². The maximum Gasteiger partial charge on any atom is 0.207 e. The maximum atomic E-state index is 13.5. The zero-order valence-electron chi connectivity index (χ0n) is 11.4. The van der Waals surface area contributed by atoms with Crippen LogP contribution in [0.3, 0.4) is 0 Å². The van der Waals surface area contributed by atoms with Crippen LogP contribution in [-0.4, -0.2) is 15.6 Å². The van der Waals surface area contributed by atoms with E-state index >= 15 is 0 Å². The molecule has 1 aliphatic rings. The van der Waals surface area contributed by atoms with Crippen LogP contribution < -0.4 is 5.32 Å². The third-order valence-electron chi connectivity index (χ3n) is 3.83. The van der Waals surface area contributed by atoms with Gasteiger partial charge in [-0.2, -0.15) is 0 Å². The standard InChI is InChI=1S/C15H17BrFN3/c1-10-8-13(17)12(16)9-14(10)20-7-6-18-15(20)19-11-4-2-3-5-11/h6-9,11H,2-5H2,1H3,(H,18,19). The van der Waals surface area contributed by atoms with E-state index < -0.39 is 0 Å². The first-order valence-corrected chi connectivity index (χ1v) is 7.70. The summed E-state index contributed by atoms with van der Waals surface area (Å²) in [5, 5.41) is 3.49. The Balaban J connectivity index is 1.94. The highest BCUT2D eigenvalue weighted by Crippen LogP contribution is 2.27. The summed E-state index contributed by atoms with van der Waals surface area (Å²) < 4.78 is 16.0. The fourth-order valence-corrected chi connectivity index (χ4v) is 3.08. The van der Waals surface area contributed by atoms with Gasteiger partial charge in [0.2, 0.25) is 5.95 Å². The third-order valence-corrected chi connectivity index (χ3v) is 4.44. The van der Waals surface area contributed by atoms with E-state index in [2.05, 4.69) is 26.2 Å². The molecule has 0 spiro atoms. The molecule has 1 aromatic heterocycles. The Labute approximate surface area is 126 Å². The van der Waals surface area contributed by atoms with E-state index in [1.54, 1.807) is 18.3 Å². The van der Waals surface area contributed by atoms with Crippen molar-refractivity contribution in [2.24, 2.45) is 0 Å². The number of imidazole rings is 1. The summed E-state index contributed by atoms with van der Waals surface area (Å²) in [7, 11) is 0. The Morgan fingerprint density at radius 1 is 1.35 bits per heavy atom. The van der Waals surface area contributed by atoms with E-state index in [1.807, 2.05) is 17.7 Å². The van der Waals surface area contributed by atoms with E-state index in [0.29, 0.717) is 10.5 Å². The van der Waals surface area contributed by atoms with Crippen molar-refractivity contribution in [3.8, 4) is 5.69 Å². The molecule has 0 aliphatic heterocycles.